The molecule has 24 heavy (non-hydrogen) atoms. The van der Waals surface area contributed by atoms with E-state index in [1.165, 1.54) is 11.0 Å². The summed E-state index contributed by atoms with van der Waals surface area (Å²) >= 11 is 0. The molecule has 1 fully saturated rings. The van der Waals surface area contributed by atoms with Gasteiger partial charge in [-0.2, -0.15) is 0 Å². The van der Waals surface area contributed by atoms with Gasteiger partial charge in [-0.05, 0) is 19.1 Å². The molecule has 1 aliphatic rings. The first-order valence-electron chi connectivity index (χ1n) is 7.85. The quantitative estimate of drug-likeness (QED) is 0.905. The second kappa shape index (κ2) is 6.82. The number of carbonyl (C=O) groups excluding carboxylic acids is 2. The maximum Gasteiger partial charge on any atom is 0.227 e. The molecular weight excluding hydrogens is 311 g/mol. The minimum absolute atomic E-state index is 0.0932. The number of rotatable bonds is 5. The second-order valence-electron chi connectivity index (χ2n) is 6.03. The van der Waals surface area contributed by atoms with Gasteiger partial charge in [-0.3, -0.25) is 9.59 Å². The van der Waals surface area contributed by atoms with E-state index in [4.69, 9.17) is 0 Å². The maximum atomic E-state index is 13.9. The Hall–Kier alpha value is -2.70. The van der Waals surface area contributed by atoms with Gasteiger partial charge in [0.05, 0.1) is 17.9 Å². The highest BCUT2D eigenvalue weighted by atomic mass is 19.1. The third-order valence-electron chi connectivity index (χ3n) is 4.07. The first-order chi connectivity index (χ1) is 11.5. The Labute approximate surface area is 139 Å². The highest BCUT2D eigenvalue weighted by molar-refractivity contribution is 6.00. The number of anilines is 1. The van der Waals surface area contributed by atoms with Gasteiger partial charge in [0, 0.05) is 37.9 Å². The number of carbonyl (C=O) groups is 2. The molecule has 2 amide bonds. The van der Waals surface area contributed by atoms with Crippen LogP contribution in [-0.4, -0.2) is 34.0 Å². The van der Waals surface area contributed by atoms with Crippen LogP contribution in [0.25, 0.3) is 0 Å². The van der Waals surface area contributed by atoms with Gasteiger partial charge in [0.1, 0.15) is 5.82 Å². The minimum Gasteiger partial charge on any atom is -0.352 e. The lowest BCUT2D eigenvalue weighted by molar-refractivity contribution is -0.126. The topological polar surface area (TPSA) is 67.2 Å². The molecule has 0 spiro atoms. The van der Waals surface area contributed by atoms with Crippen LogP contribution >= 0.6 is 0 Å². The van der Waals surface area contributed by atoms with E-state index in [1.807, 2.05) is 17.7 Å². The van der Waals surface area contributed by atoms with Crippen molar-refractivity contribution < 1.29 is 14.0 Å². The number of benzene rings is 1. The van der Waals surface area contributed by atoms with Crippen LogP contribution in [0.5, 0.6) is 0 Å². The zero-order valence-electron chi connectivity index (χ0n) is 13.4. The molecule has 6 nitrogen and oxygen atoms in total. The molecule has 3 rings (SSSR count). The lowest BCUT2D eigenvalue weighted by atomic mass is 10.1. The Bertz CT molecular complexity index is 732. The Morgan fingerprint density at radius 2 is 2.25 bits per heavy atom. The molecule has 126 valence electrons. The molecule has 2 aromatic rings. The fourth-order valence-corrected chi connectivity index (χ4v) is 2.90. The molecule has 0 radical (unpaired) electrons. The van der Waals surface area contributed by atoms with Gasteiger partial charge < -0.3 is 14.8 Å². The average Bonchev–Trinajstić information content (AvgIpc) is 3.17. The Morgan fingerprint density at radius 1 is 1.46 bits per heavy atom. The number of halogens is 1. The molecule has 2 heterocycles. The van der Waals surface area contributed by atoms with Crippen LogP contribution in [0.4, 0.5) is 10.1 Å². The van der Waals surface area contributed by atoms with Gasteiger partial charge in [-0.15, -0.1) is 0 Å². The van der Waals surface area contributed by atoms with Gasteiger partial charge in [0.15, 0.2) is 0 Å². The molecule has 0 aliphatic carbocycles. The summed E-state index contributed by atoms with van der Waals surface area (Å²) in [6, 6.07) is 6.01. The number of nitrogens with one attached hydrogen (secondary N) is 1. The number of amides is 2. The van der Waals surface area contributed by atoms with Crippen molar-refractivity contribution in [1.82, 2.24) is 14.9 Å². The lowest BCUT2D eigenvalue weighted by Gasteiger charge is -2.19. The first kappa shape index (κ1) is 16.2. The largest absolute Gasteiger partial charge is 0.352 e. The van der Waals surface area contributed by atoms with Crippen molar-refractivity contribution in [2.45, 2.75) is 25.9 Å². The van der Waals surface area contributed by atoms with Crippen molar-refractivity contribution in [2.24, 2.45) is 5.92 Å². The molecule has 0 bridgehead atoms. The van der Waals surface area contributed by atoms with Crippen molar-refractivity contribution in [2.75, 3.05) is 11.4 Å². The maximum absolute atomic E-state index is 13.9. The van der Waals surface area contributed by atoms with E-state index < -0.39 is 11.7 Å². The normalized spacial score (nSPS) is 18.7. The van der Waals surface area contributed by atoms with E-state index in [-0.39, 0.29) is 36.5 Å². The highest BCUT2D eigenvalue weighted by Crippen LogP contribution is 2.27. The van der Waals surface area contributed by atoms with Crippen LogP contribution in [0.2, 0.25) is 0 Å². The monoisotopic (exact) mass is 330 g/mol. The predicted molar refractivity (Wildman–Crippen MR) is 86.7 cm³/mol. The molecule has 7 heteroatoms. The van der Waals surface area contributed by atoms with Crippen molar-refractivity contribution in [3.8, 4) is 0 Å². The first-order valence-corrected chi connectivity index (χ1v) is 7.85. The summed E-state index contributed by atoms with van der Waals surface area (Å²) in [5, 5.41) is 2.91. The van der Waals surface area contributed by atoms with E-state index in [9.17, 15) is 14.0 Å². The Kier molecular flexibility index (Phi) is 4.59. The van der Waals surface area contributed by atoms with E-state index in [0.29, 0.717) is 6.54 Å². The van der Waals surface area contributed by atoms with Gasteiger partial charge in [-0.1, -0.05) is 12.1 Å². The van der Waals surface area contributed by atoms with E-state index in [2.05, 4.69) is 10.3 Å². The summed E-state index contributed by atoms with van der Waals surface area (Å²) in [6.45, 7) is 2.69. The van der Waals surface area contributed by atoms with Crippen molar-refractivity contribution >= 4 is 17.5 Å². The number of imidazole rings is 1. The second-order valence-corrected chi connectivity index (χ2v) is 6.03. The van der Waals surface area contributed by atoms with Gasteiger partial charge >= 0.3 is 0 Å². The molecule has 0 saturated carbocycles. The van der Waals surface area contributed by atoms with Crippen LogP contribution in [0, 0.1) is 11.7 Å². The fourth-order valence-electron chi connectivity index (χ4n) is 2.90. The van der Waals surface area contributed by atoms with Crippen molar-refractivity contribution in [3.63, 3.8) is 0 Å². The van der Waals surface area contributed by atoms with Crippen molar-refractivity contribution in [1.29, 1.82) is 0 Å². The van der Waals surface area contributed by atoms with Crippen LogP contribution in [0.15, 0.2) is 43.0 Å². The van der Waals surface area contributed by atoms with Gasteiger partial charge in [-0.25, -0.2) is 9.37 Å². The molecule has 1 aromatic carbocycles. The Balaban J connectivity index is 1.61. The molecule has 1 N–H and O–H groups in total. The summed E-state index contributed by atoms with van der Waals surface area (Å²) in [5.74, 6) is -1.35. The SMILES string of the molecule is C[C@@H](Cn1ccnc1)NC(=O)[C@@H]1CC(=O)N(c2ccccc2F)C1. The summed E-state index contributed by atoms with van der Waals surface area (Å²) in [6.07, 6.45) is 5.28. The van der Waals surface area contributed by atoms with Crippen LogP contribution < -0.4 is 10.2 Å². The van der Waals surface area contributed by atoms with Crippen LogP contribution in [-0.2, 0) is 16.1 Å². The zero-order valence-corrected chi connectivity index (χ0v) is 13.4. The fraction of sp³-hybridized carbons (Fsp3) is 0.353. The predicted octanol–water partition coefficient (Wildman–Crippen LogP) is 1.58. The molecule has 1 aromatic heterocycles. The van der Waals surface area contributed by atoms with Crippen LogP contribution in [0.3, 0.4) is 0 Å². The van der Waals surface area contributed by atoms with Gasteiger partial charge in [0.25, 0.3) is 0 Å². The summed E-state index contributed by atoms with van der Waals surface area (Å²) in [4.78, 5) is 29.8. The minimum atomic E-state index is -0.470. The van der Waals surface area contributed by atoms with Crippen LogP contribution in [0.1, 0.15) is 13.3 Å². The summed E-state index contributed by atoms with van der Waals surface area (Å²) in [7, 11) is 0. The van der Waals surface area contributed by atoms with Gasteiger partial charge in [0.2, 0.25) is 11.8 Å². The number of hydrogen-bond acceptors (Lipinski definition) is 3. The van der Waals surface area contributed by atoms with E-state index in [0.717, 1.165) is 0 Å². The lowest BCUT2D eigenvalue weighted by Crippen LogP contribution is -2.40. The smallest absolute Gasteiger partial charge is 0.227 e. The van der Waals surface area contributed by atoms with Crippen molar-refractivity contribution in [3.05, 3.63) is 48.8 Å². The van der Waals surface area contributed by atoms with E-state index in [1.54, 1.807) is 30.7 Å². The third-order valence-corrected chi connectivity index (χ3v) is 4.07. The number of hydrogen-bond donors (Lipinski definition) is 1. The highest BCUT2D eigenvalue weighted by Gasteiger charge is 2.36. The molecular formula is C17H19FN4O2. The Morgan fingerprint density at radius 3 is 2.96 bits per heavy atom. The third kappa shape index (κ3) is 3.45. The molecule has 1 aliphatic heterocycles. The standard InChI is InChI=1S/C17H19FN4O2/c1-12(9-21-7-6-19-11-21)20-17(24)13-8-16(23)22(10-13)15-5-3-2-4-14(15)18/h2-7,11-13H,8-10H2,1H3,(H,20,24)/t12-,13+/m0/s1. The molecule has 0 unspecified atom stereocenters. The zero-order chi connectivity index (χ0) is 17.1. The molecule has 1 saturated heterocycles. The van der Waals surface area contributed by atoms with E-state index >= 15 is 0 Å². The summed E-state index contributed by atoms with van der Waals surface area (Å²) < 4.78 is 15.7. The average molecular weight is 330 g/mol. The molecule has 2 atom stereocenters. The summed E-state index contributed by atoms with van der Waals surface area (Å²) in [5.41, 5.74) is 0.226. The number of nitrogens with zero attached hydrogens (tertiary/aromatic N) is 3. The number of aromatic nitrogens is 2. The number of para-hydroxylation sites is 1.